The second-order valence-corrected chi connectivity index (χ2v) is 7.90. The molecule has 2 aromatic carbocycles. The summed E-state index contributed by atoms with van der Waals surface area (Å²) >= 11 is 0. The number of carbonyl (C=O) groups is 1. The van der Waals surface area contributed by atoms with E-state index in [1.54, 1.807) is 11.1 Å². The maximum absolute atomic E-state index is 12.9. The van der Waals surface area contributed by atoms with Crippen molar-refractivity contribution in [2.45, 2.75) is 25.9 Å². The number of hydrogen-bond donors (Lipinski definition) is 2. The lowest BCUT2D eigenvalue weighted by atomic mass is 10.1. The van der Waals surface area contributed by atoms with E-state index in [4.69, 9.17) is 15.2 Å². The number of pyridine rings is 1. The molecule has 1 saturated heterocycles. The van der Waals surface area contributed by atoms with Crippen LogP contribution in [0.3, 0.4) is 0 Å². The Kier molecular flexibility index (Phi) is 7.07. The number of nitrogens with zero attached hydrogens (tertiary/aromatic N) is 2. The standard InChI is InChI=1S/C25H30N4O3/c1-2-29(15-16-31-22-8-3-18-9-14-28-24(26)23(18)17-22)25(30)19-4-6-20(7-5-19)32-21-10-12-27-13-11-21/h3-9,14,17,21,27H,2,10-13,15-16H2,1H3,(H2,26,28). The molecule has 0 saturated carbocycles. The number of amides is 1. The van der Waals surface area contributed by atoms with Gasteiger partial charge in [-0.1, -0.05) is 6.07 Å². The second kappa shape index (κ2) is 10.3. The van der Waals surface area contributed by atoms with E-state index in [0.29, 0.717) is 36.8 Å². The fourth-order valence-corrected chi connectivity index (χ4v) is 3.90. The number of fused-ring (bicyclic) bond motifs is 1. The molecule has 4 rings (SSSR count). The van der Waals surface area contributed by atoms with Gasteiger partial charge in [-0.15, -0.1) is 0 Å². The summed E-state index contributed by atoms with van der Waals surface area (Å²) in [6.45, 7) is 5.42. The van der Waals surface area contributed by atoms with Crippen LogP contribution in [0.25, 0.3) is 10.8 Å². The summed E-state index contributed by atoms with van der Waals surface area (Å²) in [7, 11) is 0. The minimum atomic E-state index is -0.0172. The SMILES string of the molecule is CCN(CCOc1ccc2ccnc(N)c2c1)C(=O)c1ccc(OC2CCNCC2)cc1. The van der Waals surface area contributed by atoms with Crippen molar-refractivity contribution in [2.75, 3.05) is 38.5 Å². The summed E-state index contributed by atoms with van der Waals surface area (Å²) in [6, 6.07) is 15.1. The molecule has 1 aromatic heterocycles. The van der Waals surface area contributed by atoms with Crippen LogP contribution in [-0.2, 0) is 0 Å². The van der Waals surface area contributed by atoms with Crippen molar-refractivity contribution in [1.82, 2.24) is 15.2 Å². The van der Waals surface area contributed by atoms with Gasteiger partial charge in [0.25, 0.3) is 5.91 Å². The largest absolute Gasteiger partial charge is 0.492 e. The lowest BCUT2D eigenvalue weighted by molar-refractivity contribution is 0.0739. The molecule has 3 aromatic rings. The summed E-state index contributed by atoms with van der Waals surface area (Å²) in [5, 5.41) is 5.21. The topological polar surface area (TPSA) is 89.7 Å². The van der Waals surface area contributed by atoms with Crippen LogP contribution >= 0.6 is 0 Å². The fraction of sp³-hybridized carbons (Fsp3) is 0.360. The fourth-order valence-electron chi connectivity index (χ4n) is 3.90. The Balaban J connectivity index is 1.32. The van der Waals surface area contributed by atoms with E-state index in [9.17, 15) is 4.79 Å². The molecule has 1 fully saturated rings. The number of benzene rings is 2. The van der Waals surface area contributed by atoms with Gasteiger partial charge < -0.3 is 25.4 Å². The lowest BCUT2D eigenvalue weighted by Gasteiger charge is -2.24. The third-order valence-corrected chi connectivity index (χ3v) is 5.76. The second-order valence-electron chi connectivity index (χ2n) is 7.90. The minimum absolute atomic E-state index is 0.0172. The van der Waals surface area contributed by atoms with Crippen LogP contribution in [-0.4, -0.2) is 54.7 Å². The molecule has 0 atom stereocenters. The van der Waals surface area contributed by atoms with Gasteiger partial charge in [0, 0.05) is 23.7 Å². The Morgan fingerprint density at radius 1 is 1.12 bits per heavy atom. The number of likely N-dealkylation sites (N-methyl/N-ethyl adjacent to an activating group) is 1. The lowest BCUT2D eigenvalue weighted by Crippen LogP contribution is -2.34. The Labute approximate surface area is 188 Å². The highest BCUT2D eigenvalue weighted by atomic mass is 16.5. The van der Waals surface area contributed by atoms with Crippen LogP contribution in [0.4, 0.5) is 5.82 Å². The van der Waals surface area contributed by atoms with E-state index in [-0.39, 0.29) is 12.0 Å². The van der Waals surface area contributed by atoms with Crippen molar-refractivity contribution in [1.29, 1.82) is 0 Å². The zero-order chi connectivity index (χ0) is 22.3. The Hall–Kier alpha value is -3.32. The van der Waals surface area contributed by atoms with Gasteiger partial charge >= 0.3 is 0 Å². The van der Waals surface area contributed by atoms with Crippen molar-refractivity contribution in [3.63, 3.8) is 0 Å². The smallest absolute Gasteiger partial charge is 0.253 e. The summed E-state index contributed by atoms with van der Waals surface area (Å²) in [5.41, 5.74) is 6.61. The van der Waals surface area contributed by atoms with Gasteiger partial charge in [-0.25, -0.2) is 4.98 Å². The maximum Gasteiger partial charge on any atom is 0.253 e. The Morgan fingerprint density at radius 3 is 2.62 bits per heavy atom. The molecule has 0 radical (unpaired) electrons. The quantitative estimate of drug-likeness (QED) is 0.564. The van der Waals surface area contributed by atoms with Crippen molar-refractivity contribution in [3.05, 3.63) is 60.3 Å². The van der Waals surface area contributed by atoms with E-state index in [2.05, 4.69) is 10.3 Å². The first-order valence-electron chi connectivity index (χ1n) is 11.2. The predicted octanol–water partition coefficient (Wildman–Crippen LogP) is 3.49. The molecule has 0 unspecified atom stereocenters. The van der Waals surface area contributed by atoms with Crippen molar-refractivity contribution >= 4 is 22.5 Å². The highest BCUT2D eigenvalue weighted by molar-refractivity contribution is 5.94. The van der Waals surface area contributed by atoms with Crippen molar-refractivity contribution < 1.29 is 14.3 Å². The van der Waals surface area contributed by atoms with Gasteiger partial charge in [0.1, 0.15) is 30.0 Å². The maximum atomic E-state index is 12.9. The number of piperidine rings is 1. The van der Waals surface area contributed by atoms with Gasteiger partial charge in [0.2, 0.25) is 0 Å². The molecule has 32 heavy (non-hydrogen) atoms. The highest BCUT2D eigenvalue weighted by Gasteiger charge is 2.17. The number of rotatable bonds is 8. The average Bonchev–Trinajstić information content (AvgIpc) is 2.83. The van der Waals surface area contributed by atoms with Gasteiger partial charge in [-0.3, -0.25) is 4.79 Å². The average molecular weight is 435 g/mol. The number of nitrogen functional groups attached to an aromatic ring is 1. The van der Waals surface area contributed by atoms with Crippen molar-refractivity contribution in [3.8, 4) is 11.5 Å². The third-order valence-electron chi connectivity index (χ3n) is 5.76. The molecular formula is C25H30N4O3. The minimum Gasteiger partial charge on any atom is -0.492 e. The first-order chi connectivity index (χ1) is 15.6. The van der Waals surface area contributed by atoms with E-state index < -0.39 is 0 Å². The number of nitrogens with one attached hydrogen (secondary N) is 1. The number of aromatic nitrogens is 1. The molecule has 7 nitrogen and oxygen atoms in total. The van der Waals surface area contributed by atoms with Gasteiger partial charge in [-0.05, 0) is 80.7 Å². The van der Waals surface area contributed by atoms with Gasteiger partial charge in [0.05, 0.1) is 6.54 Å². The highest BCUT2D eigenvalue weighted by Crippen LogP contribution is 2.24. The van der Waals surface area contributed by atoms with E-state index in [1.165, 1.54) is 0 Å². The molecule has 1 amide bonds. The molecule has 2 heterocycles. The molecule has 168 valence electrons. The third kappa shape index (κ3) is 5.29. The summed E-state index contributed by atoms with van der Waals surface area (Å²) < 4.78 is 11.9. The molecular weight excluding hydrogens is 404 g/mol. The van der Waals surface area contributed by atoms with Crippen LogP contribution in [0.5, 0.6) is 11.5 Å². The zero-order valence-corrected chi connectivity index (χ0v) is 18.4. The number of anilines is 1. The number of nitrogens with two attached hydrogens (primary N) is 1. The van der Waals surface area contributed by atoms with Gasteiger partial charge in [0.15, 0.2) is 0 Å². The first-order valence-corrected chi connectivity index (χ1v) is 11.2. The number of ether oxygens (including phenoxy) is 2. The summed E-state index contributed by atoms with van der Waals surface area (Å²) in [4.78, 5) is 18.8. The van der Waals surface area contributed by atoms with Crippen LogP contribution in [0.1, 0.15) is 30.1 Å². The molecule has 1 aliphatic rings. The predicted molar refractivity (Wildman–Crippen MR) is 126 cm³/mol. The summed E-state index contributed by atoms with van der Waals surface area (Å²) in [6.07, 6.45) is 3.94. The van der Waals surface area contributed by atoms with Crippen LogP contribution in [0.15, 0.2) is 54.7 Å². The molecule has 3 N–H and O–H groups in total. The molecule has 0 bridgehead atoms. The van der Waals surface area contributed by atoms with Crippen LogP contribution < -0.4 is 20.5 Å². The summed E-state index contributed by atoms with van der Waals surface area (Å²) in [5.74, 6) is 1.98. The van der Waals surface area contributed by atoms with E-state index in [1.807, 2.05) is 55.5 Å². The number of carbonyl (C=O) groups excluding carboxylic acids is 1. The Morgan fingerprint density at radius 2 is 1.88 bits per heavy atom. The first kappa shape index (κ1) is 21.9. The van der Waals surface area contributed by atoms with Crippen molar-refractivity contribution in [2.24, 2.45) is 0 Å². The zero-order valence-electron chi connectivity index (χ0n) is 18.4. The molecule has 7 heteroatoms. The number of hydrogen-bond acceptors (Lipinski definition) is 6. The monoisotopic (exact) mass is 434 g/mol. The van der Waals surface area contributed by atoms with Gasteiger partial charge in [-0.2, -0.15) is 0 Å². The normalized spacial score (nSPS) is 14.3. The van der Waals surface area contributed by atoms with Crippen LogP contribution in [0, 0.1) is 0 Å². The van der Waals surface area contributed by atoms with E-state index in [0.717, 1.165) is 42.5 Å². The van der Waals surface area contributed by atoms with E-state index >= 15 is 0 Å². The Bertz CT molecular complexity index is 1050. The van der Waals surface area contributed by atoms with Crippen LogP contribution in [0.2, 0.25) is 0 Å². The molecule has 1 aliphatic heterocycles. The molecule has 0 aliphatic carbocycles. The molecule has 0 spiro atoms.